The molecule has 7 nitrogen and oxygen atoms in total. The summed E-state index contributed by atoms with van der Waals surface area (Å²) >= 11 is 0. The number of anilines is 1. The molecule has 2 aromatic carbocycles. The molecule has 0 aliphatic carbocycles. The molecule has 0 unspecified atom stereocenters. The Morgan fingerprint density at radius 2 is 1.76 bits per heavy atom. The number of alkyl halides is 2. The number of imidazole rings is 1. The number of hydrogen-bond acceptors (Lipinski definition) is 5. The Labute approximate surface area is 211 Å². The van der Waals surface area contributed by atoms with E-state index in [0.717, 1.165) is 29.3 Å². The van der Waals surface area contributed by atoms with Gasteiger partial charge in [0, 0.05) is 43.7 Å². The number of pyridine rings is 2. The number of halogens is 2. The molecule has 188 valence electrons. The van der Waals surface area contributed by atoms with Crippen molar-refractivity contribution < 1.29 is 13.6 Å². The fourth-order valence-electron chi connectivity index (χ4n) is 4.05. The molecule has 37 heavy (non-hydrogen) atoms. The van der Waals surface area contributed by atoms with Crippen molar-refractivity contribution in [2.75, 3.05) is 12.4 Å². The number of carbonyl (C=O) groups is 1. The monoisotopic (exact) mass is 501 g/mol. The highest BCUT2D eigenvalue weighted by molar-refractivity contribution is 6.04. The van der Waals surface area contributed by atoms with Gasteiger partial charge in [0.2, 0.25) is 0 Å². The molecule has 0 amide bonds. The van der Waals surface area contributed by atoms with Crippen molar-refractivity contribution in [2.24, 2.45) is 7.05 Å². The second-order valence-electron chi connectivity index (χ2n) is 8.39. The highest BCUT2D eigenvalue weighted by Crippen LogP contribution is 2.32. The van der Waals surface area contributed by atoms with E-state index in [2.05, 4.69) is 21.9 Å². The lowest BCUT2D eigenvalue weighted by Crippen LogP contribution is -2.21. The quantitative estimate of drug-likeness (QED) is 0.255. The predicted molar refractivity (Wildman–Crippen MR) is 142 cm³/mol. The second-order valence-corrected chi connectivity index (χ2v) is 8.39. The SMILES string of the molecule is C=CC=O.CNc1ccc(-c2ccc3ncc4c(c3c2)n(-c2cccc(C(C)(F)F)c2)c(=O)n4C)cn1. The maximum absolute atomic E-state index is 14.0. The number of fused-ring (bicyclic) bond motifs is 3. The van der Waals surface area contributed by atoms with Crippen LogP contribution in [-0.4, -0.2) is 32.4 Å². The fraction of sp³-hybridized carbons (Fsp3) is 0.143. The highest BCUT2D eigenvalue weighted by Gasteiger charge is 2.25. The Hall–Kier alpha value is -4.66. The maximum Gasteiger partial charge on any atom is 0.333 e. The Balaban J connectivity index is 0.000000747. The molecule has 0 bridgehead atoms. The first kappa shape index (κ1) is 25.4. The summed E-state index contributed by atoms with van der Waals surface area (Å²) in [4.78, 5) is 31.2. The fourth-order valence-corrected chi connectivity index (χ4v) is 4.05. The van der Waals surface area contributed by atoms with Gasteiger partial charge in [0.1, 0.15) is 12.1 Å². The summed E-state index contributed by atoms with van der Waals surface area (Å²) in [5.74, 6) is -2.26. The van der Waals surface area contributed by atoms with Crippen molar-refractivity contribution in [3.05, 3.63) is 95.7 Å². The summed E-state index contributed by atoms with van der Waals surface area (Å²) in [6.45, 7) is 3.96. The average molecular weight is 502 g/mol. The largest absolute Gasteiger partial charge is 0.373 e. The van der Waals surface area contributed by atoms with Crippen molar-refractivity contribution in [1.82, 2.24) is 19.1 Å². The summed E-state index contributed by atoms with van der Waals surface area (Å²) in [6, 6.07) is 15.5. The van der Waals surface area contributed by atoms with Gasteiger partial charge in [0.15, 0.2) is 0 Å². The minimum atomic E-state index is -3.02. The number of aldehydes is 1. The van der Waals surface area contributed by atoms with Crippen molar-refractivity contribution in [3.63, 3.8) is 0 Å². The van der Waals surface area contributed by atoms with Gasteiger partial charge >= 0.3 is 5.69 Å². The van der Waals surface area contributed by atoms with Crippen molar-refractivity contribution in [1.29, 1.82) is 0 Å². The average Bonchev–Trinajstić information content (AvgIpc) is 3.18. The van der Waals surface area contributed by atoms with Crippen LogP contribution in [0.15, 0.2) is 84.4 Å². The Morgan fingerprint density at radius 3 is 2.38 bits per heavy atom. The van der Waals surface area contributed by atoms with E-state index in [1.54, 1.807) is 32.6 Å². The number of rotatable bonds is 5. The molecule has 0 aliphatic rings. The first-order valence-electron chi connectivity index (χ1n) is 11.4. The number of hydrogen-bond donors (Lipinski definition) is 1. The van der Waals surface area contributed by atoms with Gasteiger partial charge in [-0.05, 0) is 48.0 Å². The summed E-state index contributed by atoms with van der Waals surface area (Å²) < 4.78 is 31.0. The number of carbonyl (C=O) groups excluding carboxylic acids is 1. The normalized spacial score (nSPS) is 11.2. The number of nitrogens with one attached hydrogen (secondary N) is 1. The molecule has 0 radical (unpaired) electrons. The molecule has 0 spiro atoms. The zero-order chi connectivity index (χ0) is 26.7. The van der Waals surface area contributed by atoms with Crippen LogP contribution in [0.2, 0.25) is 0 Å². The van der Waals surface area contributed by atoms with Gasteiger partial charge in [0.05, 0.1) is 28.4 Å². The molecular formula is C28H25F2N5O2. The third-order valence-corrected chi connectivity index (χ3v) is 5.94. The van der Waals surface area contributed by atoms with Gasteiger partial charge < -0.3 is 5.32 Å². The van der Waals surface area contributed by atoms with Crippen molar-refractivity contribution >= 4 is 34.0 Å². The van der Waals surface area contributed by atoms with Gasteiger partial charge in [-0.2, -0.15) is 0 Å². The maximum atomic E-state index is 14.0. The molecule has 0 saturated carbocycles. The van der Waals surface area contributed by atoms with E-state index in [1.165, 1.54) is 33.4 Å². The summed E-state index contributed by atoms with van der Waals surface area (Å²) in [6.07, 6.45) is 5.24. The minimum Gasteiger partial charge on any atom is -0.373 e. The zero-order valence-corrected chi connectivity index (χ0v) is 20.6. The predicted octanol–water partition coefficient (Wildman–Crippen LogP) is 5.46. The van der Waals surface area contributed by atoms with Crippen molar-refractivity contribution in [3.8, 4) is 16.8 Å². The van der Waals surface area contributed by atoms with Crippen LogP contribution in [0.5, 0.6) is 0 Å². The number of aryl methyl sites for hydroxylation is 1. The van der Waals surface area contributed by atoms with Crippen LogP contribution < -0.4 is 11.0 Å². The molecule has 0 fully saturated rings. The molecule has 1 N–H and O–H groups in total. The van der Waals surface area contributed by atoms with E-state index < -0.39 is 5.92 Å². The lowest BCUT2D eigenvalue weighted by atomic mass is 10.0. The van der Waals surface area contributed by atoms with E-state index in [1.807, 2.05) is 30.3 Å². The van der Waals surface area contributed by atoms with Crippen LogP contribution in [0.4, 0.5) is 14.6 Å². The standard InChI is InChI=1S/C25H21F2N5O.C3H4O/c1-25(26,27)17-5-4-6-18(12-17)32-23-19-11-15(16-8-10-22(28-2)30-13-16)7-9-20(19)29-14-21(23)31(3)24(32)33;1-2-3-4/h4-14H,1-3H3,(H,28,30);2-3H,1H2. The van der Waals surface area contributed by atoms with Gasteiger partial charge in [-0.3, -0.25) is 18.9 Å². The topological polar surface area (TPSA) is 81.8 Å². The smallest absolute Gasteiger partial charge is 0.333 e. The van der Waals surface area contributed by atoms with Crippen LogP contribution in [0.25, 0.3) is 38.8 Å². The molecule has 0 aliphatic heterocycles. The summed E-state index contributed by atoms with van der Waals surface area (Å²) in [7, 11) is 3.45. The van der Waals surface area contributed by atoms with E-state index >= 15 is 0 Å². The number of allylic oxidation sites excluding steroid dienone is 1. The van der Waals surface area contributed by atoms with Gasteiger partial charge in [-0.25, -0.2) is 18.6 Å². The number of aromatic nitrogens is 4. The van der Waals surface area contributed by atoms with E-state index in [4.69, 9.17) is 4.79 Å². The minimum absolute atomic E-state index is 0.154. The molecule has 0 atom stereocenters. The molecular weight excluding hydrogens is 476 g/mol. The summed E-state index contributed by atoms with van der Waals surface area (Å²) in [5, 5.41) is 3.74. The second kappa shape index (κ2) is 10.1. The molecule has 5 rings (SSSR count). The van der Waals surface area contributed by atoms with Crippen LogP contribution in [0, 0.1) is 0 Å². The number of nitrogens with zero attached hydrogens (tertiary/aromatic N) is 4. The van der Waals surface area contributed by atoms with Gasteiger partial charge in [-0.15, -0.1) is 0 Å². The molecule has 0 saturated heterocycles. The first-order chi connectivity index (χ1) is 17.7. The van der Waals surface area contributed by atoms with E-state index in [9.17, 15) is 13.6 Å². The van der Waals surface area contributed by atoms with Gasteiger partial charge in [0.25, 0.3) is 5.92 Å². The molecule has 3 heterocycles. The van der Waals surface area contributed by atoms with E-state index in [-0.39, 0.29) is 11.3 Å². The highest BCUT2D eigenvalue weighted by atomic mass is 19.3. The first-order valence-corrected chi connectivity index (χ1v) is 11.4. The van der Waals surface area contributed by atoms with Crippen LogP contribution in [0.1, 0.15) is 12.5 Å². The third-order valence-electron chi connectivity index (χ3n) is 5.94. The van der Waals surface area contributed by atoms with Crippen LogP contribution >= 0.6 is 0 Å². The molecule has 5 aromatic rings. The zero-order valence-electron chi connectivity index (χ0n) is 20.6. The lowest BCUT2D eigenvalue weighted by Gasteiger charge is -2.13. The molecule has 9 heteroatoms. The van der Waals surface area contributed by atoms with Crippen LogP contribution in [0.3, 0.4) is 0 Å². The van der Waals surface area contributed by atoms with Crippen molar-refractivity contribution in [2.45, 2.75) is 12.8 Å². The molecule has 3 aromatic heterocycles. The number of benzene rings is 2. The summed E-state index contributed by atoms with van der Waals surface area (Å²) in [5.41, 5.74) is 3.63. The Kier molecular flexibility index (Phi) is 6.97. The van der Waals surface area contributed by atoms with E-state index in [0.29, 0.717) is 28.5 Å². The Morgan fingerprint density at radius 1 is 1.03 bits per heavy atom. The van der Waals surface area contributed by atoms with Crippen LogP contribution in [-0.2, 0) is 17.8 Å². The lowest BCUT2D eigenvalue weighted by molar-refractivity contribution is -0.104. The Bertz CT molecular complexity index is 1660. The van der Waals surface area contributed by atoms with Gasteiger partial charge in [-0.1, -0.05) is 24.8 Å². The third kappa shape index (κ3) is 4.88.